The molecular formula is C11H10BrN5OS. The Morgan fingerprint density at radius 2 is 2.11 bits per heavy atom. The van der Waals surface area contributed by atoms with Crippen molar-refractivity contribution in [3.8, 4) is 0 Å². The van der Waals surface area contributed by atoms with Gasteiger partial charge in [-0.1, -0.05) is 15.9 Å². The van der Waals surface area contributed by atoms with Crippen molar-refractivity contribution in [1.82, 2.24) is 5.01 Å². The number of benzene rings is 1. The van der Waals surface area contributed by atoms with E-state index in [1.807, 2.05) is 12.1 Å². The highest BCUT2D eigenvalue weighted by Crippen LogP contribution is 2.19. The van der Waals surface area contributed by atoms with E-state index in [1.54, 1.807) is 19.1 Å². The van der Waals surface area contributed by atoms with Gasteiger partial charge in [0.25, 0.3) is 5.91 Å². The number of nitrogens with zero attached hydrogens (tertiary/aromatic N) is 4. The number of carbonyl (C=O) groups excluding carboxylic acids is 1. The minimum Gasteiger partial charge on any atom is -0.374 e. The summed E-state index contributed by atoms with van der Waals surface area (Å²) in [5, 5.41) is 12.8. The number of nitrogens with two attached hydrogens (primary N) is 1. The fourth-order valence-corrected chi connectivity index (χ4v) is 1.87. The van der Waals surface area contributed by atoms with Crippen LogP contribution in [0.15, 0.2) is 44.1 Å². The maximum absolute atomic E-state index is 11.9. The molecule has 8 heteroatoms. The van der Waals surface area contributed by atoms with Gasteiger partial charge < -0.3 is 5.73 Å². The fraction of sp³-hybridized carbons (Fsp3) is 0.182. The average Bonchev–Trinajstić information content (AvgIpc) is 2.65. The molecule has 2 rings (SSSR count). The van der Waals surface area contributed by atoms with Gasteiger partial charge in [-0.05, 0) is 43.4 Å². The maximum Gasteiger partial charge on any atom is 0.282 e. The first-order valence-electron chi connectivity index (χ1n) is 5.34. The molecule has 0 saturated carbocycles. The molecule has 0 bridgehead atoms. The number of halogens is 1. The summed E-state index contributed by atoms with van der Waals surface area (Å²) >= 11 is 8.05. The van der Waals surface area contributed by atoms with Gasteiger partial charge in [0.05, 0.1) is 11.4 Å². The number of hydrogen-bond acceptors (Lipinski definition) is 5. The van der Waals surface area contributed by atoms with Crippen molar-refractivity contribution < 1.29 is 4.79 Å². The minimum absolute atomic E-state index is 0.0920. The summed E-state index contributed by atoms with van der Waals surface area (Å²) in [5.74, 6) is -0.383. The molecule has 0 unspecified atom stereocenters. The lowest BCUT2D eigenvalue weighted by Crippen LogP contribution is -2.37. The molecule has 1 heterocycles. The second-order valence-electron chi connectivity index (χ2n) is 3.82. The largest absolute Gasteiger partial charge is 0.374 e. The second kappa shape index (κ2) is 5.54. The van der Waals surface area contributed by atoms with Crippen molar-refractivity contribution in [3.05, 3.63) is 28.7 Å². The molecular weight excluding hydrogens is 330 g/mol. The van der Waals surface area contributed by atoms with Crippen molar-refractivity contribution in [2.24, 2.45) is 21.1 Å². The average molecular weight is 340 g/mol. The highest BCUT2D eigenvalue weighted by molar-refractivity contribution is 9.10. The number of hydrazone groups is 1. The molecule has 1 aromatic carbocycles. The molecule has 1 aromatic rings. The van der Waals surface area contributed by atoms with E-state index in [1.165, 1.54) is 0 Å². The zero-order valence-electron chi connectivity index (χ0n) is 9.95. The molecule has 1 amide bonds. The van der Waals surface area contributed by atoms with Crippen LogP contribution in [0.2, 0.25) is 0 Å². The number of amides is 1. The number of thiocarbonyl (C=S) groups is 1. The monoisotopic (exact) mass is 339 g/mol. The molecule has 0 saturated heterocycles. The molecule has 1 aliphatic heterocycles. The Kier molecular flexibility index (Phi) is 4.01. The molecule has 0 radical (unpaired) electrons. The second-order valence-corrected chi connectivity index (χ2v) is 5.16. The van der Waals surface area contributed by atoms with Gasteiger partial charge in [-0.15, -0.1) is 0 Å². The minimum atomic E-state index is -0.759. The van der Waals surface area contributed by atoms with Crippen LogP contribution >= 0.6 is 28.1 Å². The van der Waals surface area contributed by atoms with Gasteiger partial charge in [0.1, 0.15) is 0 Å². The SMILES string of the molecule is CC1=NN(C(N)=S)C(=O)[C@@H]1N=Nc1ccc(Br)cc1. The van der Waals surface area contributed by atoms with E-state index in [0.717, 1.165) is 9.48 Å². The molecule has 6 nitrogen and oxygen atoms in total. The van der Waals surface area contributed by atoms with E-state index >= 15 is 0 Å². The molecule has 0 aromatic heterocycles. The summed E-state index contributed by atoms with van der Waals surface area (Å²) < 4.78 is 0.945. The Balaban J connectivity index is 2.16. The Labute approximate surface area is 123 Å². The van der Waals surface area contributed by atoms with Crippen molar-refractivity contribution in [3.63, 3.8) is 0 Å². The van der Waals surface area contributed by atoms with E-state index in [0.29, 0.717) is 11.4 Å². The molecule has 1 aliphatic rings. The first-order chi connectivity index (χ1) is 8.99. The molecule has 98 valence electrons. The Morgan fingerprint density at radius 3 is 2.63 bits per heavy atom. The lowest BCUT2D eigenvalue weighted by molar-refractivity contribution is -0.126. The van der Waals surface area contributed by atoms with Crippen LogP contribution in [0, 0.1) is 0 Å². The summed E-state index contributed by atoms with van der Waals surface area (Å²) in [6.45, 7) is 1.68. The number of azo groups is 1. The highest BCUT2D eigenvalue weighted by atomic mass is 79.9. The Hall–Kier alpha value is -1.67. The van der Waals surface area contributed by atoms with Crippen LogP contribution in [0.3, 0.4) is 0 Å². The summed E-state index contributed by atoms with van der Waals surface area (Å²) in [6, 6.07) is 6.49. The van der Waals surface area contributed by atoms with Crippen LogP contribution in [-0.4, -0.2) is 27.8 Å². The quantitative estimate of drug-likeness (QED) is 0.663. The summed E-state index contributed by atoms with van der Waals surface area (Å²) in [5.41, 5.74) is 6.55. The first kappa shape index (κ1) is 13.8. The van der Waals surface area contributed by atoms with Crippen LogP contribution < -0.4 is 5.73 Å². The van der Waals surface area contributed by atoms with Crippen molar-refractivity contribution >= 4 is 50.6 Å². The molecule has 1 atom stereocenters. The van der Waals surface area contributed by atoms with Crippen molar-refractivity contribution in [1.29, 1.82) is 0 Å². The van der Waals surface area contributed by atoms with Crippen LogP contribution in [0.1, 0.15) is 6.92 Å². The Morgan fingerprint density at radius 1 is 1.47 bits per heavy atom. The van der Waals surface area contributed by atoms with E-state index in [-0.39, 0.29) is 11.0 Å². The van der Waals surface area contributed by atoms with Gasteiger partial charge in [-0.25, -0.2) is 0 Å². The number of hydrogen-bond donors (Lipinski definition) is 1. The zero-order valence-corrected chi connectivity index (χ0v) is 12.3. The lowest BCUT2D eigenvalue weighted by Gasteiger charge is -2.08. The van der Waals surface area contributed by atoms with Crippen LogP contribution in [-0.2, 0) is 4.79 Å². The molecule has 2 N–H and O–H groups in total. The maximum atomic E-state index is 11.9. The predicted octanol–water partition coefficient (Wildman–Crippen LogP) is 2.36. The molecule has 0 aliphatic carbocycles. The molecule has 0 fully saturated rings. The van der Waals surface area contributed by atoms with Gasteiger partial charge in [-0.2, -0.15) is 20.3 Å². The van der Waals surface area contributed by atoms with Gasteiger partial charge in [-0.3, -0.25) is 4.79 Å². The topological polar surface area (TPSA) is 83.4 Å². The highest BCUT2D eigenvalue weighted by Gasteiger charge is 2.35. The van der Waals surface area contributed by atoms with Crippen molar-refractivity contribution in [2.75, 3.05) is 0 Å². The predicted molar refractivity (Wildman–Crippen MR) is 79.2 cm³/mol. The smallest absolute Gasteiger partial charge is 0.282 e. The third-order valence-electron chi connectivity index (χ3n) is 2.42. The Bertz CT molecular complexity index is 583. The van der Waals surface area contributed by atoms with Crippen LogP contribution in [0.5, 0.6) is 0 Å². The number of carbonyl (C=O) groups is 1. The van der Waals surface area contributed by atoms with Gasteiger partial charge in [0.15, 0.2) is 11.2 Å². The molecule has 0 spiro atoms. The van der Waals surface area contributed by atoms with Crippen molar-refractivity contribution in [2.45, 2.75) is 13.0 Å². The zero-order chi connectivity index (χ0) is 14.0. The normalized spacial score (nSPS) is 19.1. The van der Waals surface area contributed by atoms with Gasteiger partial charge >= 0.3 is 0 Å². The lowest BCUT2D eigenvalue weighted by atomic mass is 10.2. The van der Waals surface area contributed by atoms with Gasteiger partial charge in [0.2, 0.25) is 0 Å². The van der Waals surface area contributed by atoms with E-state index in [2.05, 4.69) is 31.3 Å². The summed E-state index contributed by atoms with van der Waals surface area (Å²) in [6.07, 6.45) is 0. The number of rotatable bonds is 2. The fourth-order valence-electron chi connectivity index (χ4n) is 1.48. The summed E-state index contributed by atoms with van der Waals surface area (Å²) in [4.78, 5) is 11.9. The van der Waals surface area contributed by atoms with E-state index in [9.17, 15) is 4.79 Å². The first-order valence-corrected chi connectivity index (χ1v) is 6.54. The van der Waals surface area contributed by atoms with Gasteiger partial charge in [0, 0.05) is 4.47 Å². The third-order valence-corrected chi connectivity index (χ3v) is 3.12. The van der Waals surface area contributed by atoms with E-state index < -0.39 is 6.04 Å². The van der Waals surface area contributed by atoms with Crippen LogP contribution in [0.4, 0.5) is 5.69 Å². The molecule has 19 heavy (non-hydrogen) atoms. The van der Waals surface area contributed by atoms with Crippen LogP contribution in [0.25, 0.3) is 0 Å². The third kappa shape index (κ3) is 3.02. The van der Waals surface area contributed by atoms with E-state index in [4.69, 9.17) is 18.0 Å². The summed E-state index contributed by atoms with van der Waals surface area (Å²) in [7, 11) is 0. The standard InChI is InChI=1S/C11H10BrN5OS/c1-6-9(10(18)17(16-6)11(13)19)15-14-8-4-2-7(12)3-5-8/h2-5,9H,1H3,(H2,13,19)/t9-/m1/s1.